The molecule has 0 aliphatic carbocycles. The van der Waals surface area contributed by atoms with Gasteiger partial charge in [-0.05, 0) is 54.8 Å². The molecule has 0 radical (unpaired) electrons. The summed E-state index contributed by atoms with van der Waals surface area (Å²) in [6.07, 6.45) is 5.52. The van der Waals surface area contributed by atoms with Gasteiger partial charge in [-0.2, -0.15) is 0 Å². The Kier molecular flexibility index (Phi) is 5.80. The number of hydrogen-bond acceptors (Lipinski definition) is 4. The fourth-order valence-electron chi connectivity index (χ4n) is 2.58. The van der Waals surface area contributed by atoms with Crippen molar-refractivity contribution in [1.82, 2.24) is 5.32 Å². The van der Waals surface area contributed by atoms with Crippen LogP contribution in [-0.4, -0.2) is 24.0 Å². The molecule has 4 nitrogen and oxygen atoms in total. The van der Waals surface area contributed by atoms with E-state index in [1.54, 1.807) is 24.3 Å². The van der Waals surface area contributed by atoms with Gasteiger partial charge in [-0.25, -0.2) is 4.39 Å². The Morgan fingerprint density at radius 3 is 2.64 bits per heavy atom. The van der Waals surface area contributed by atoms with Gasteiger partial charge < -0.3 is 15.2 Å². The van der Waals surface area contributed by atoms with Crippen LogP contribution in [-0.2, 0) is 11.3 Å². The zero-order valence-electron chi connectivity index (χ0n) is 13.9. The number of phenolic OH excluding ortho intramolecular Hbond substituents is 1. The van der Waals surface area contributed by atoms with Crippen molar-refractivity contribution in [2.75, 3.05) is 6.61 Å². The summed E-state index contributed by atoms with van der Waals surface area (Å²) >= 11 is 0. The number of rotatable bonds is 5. The van der Waals surface area contributed by atoms with E-state index in [4.69, 9.17) is 4.74 Å². The minimum atomic E-state index is -0.257. The number of ether oxygens (including phenoxy) is 1. The molecule has 2 aromatic rings. The molecule has 2 N–H and O–H groups in total. The summed E-state index contributed by atoms with van der Waals surface area (Å²) in [6, 6.07) is 13.5. The molecule has 0 saturated heterocycles. The fraction of sp³-hybridized carbons (Fsp3) is 0.250. The molecule has 0 fully saturated rings. The molecule has 25 heavy (non-hydrogen) atoms. The average molecular weight is 340 g/mol. The van der Waals surface area contributed by atoms with Crippen molar-refractivity contribution in [3.8, 4) is 5.75 Å². The van der Waals surface area contributed by atoms with E-state index in [0.717, 1.165) is 29.7 Å². The second-order valence-electron chi connectivity index (χ2n) is 5.97. The topological polar surface area (TPSA) is 53.9 Å². The number of hydrogen-bond donors (Lipinski definition) is 2. The van der Waals surface area contributed by atoms with Crippen molar-refractivity contribution in [2.24, 2.45) is 4.99 Å². The van der Waals surface area contributed by atoms with Crippen LogP contribution in [0.4, 0.5) is 4.39 Å². The highest BCUT2D eigenvalue weighted by molar-refractivity contribution is 5.74. The van der Waals surface area contributed by atoms with Gasteiger partial charge in [0.05, 0.1) is 18.9 Å². The van der Waals surface area contributed by atoms with E-state index in [1.807, 2.05) is 24.5 Å². The van der Waals surface area contributed by atoms with Crippen LogP contribution in [0.5, 0.6) is 5.75 Å². The van der Waals surface area contributed by atoms with Crippen LogP contribution in [0.25, 0.3) is 5.70 Å². The highest BCUT2D eigenvalue weighted by Gasteiger charge is 2.10. The molecule has 2 aromatic carbocycles. The first kappa shape index (κ1) is 17.2. The number of nitrogens with one attached hydrogen (secondary N) is 1. The highest BCUT2D eigenvalue weighted by Crippen LogP contribution is 2.17. The van der Waals surface area contributed by atoms with E-state index in [2.05, 4.69) is 10.3 Å². The number of benzene rings is 2. The van der Waals surface area contributed by atoms with Crippen molar-refractivity contribution in [3.63, 3.8) is 0 Å². The molecule has 1 heterocycles. The van der Waals surface area contributed by atoms with Gasteiger partial charge in [-0.3, -0.25) is 4.99 Å². The first-order chi connectivity index (χ1) is 12.2. The van der Waals surface area contributed by atoms with E-state index >= 15 is 0 Å². The van der Waals surface area contributed by atoms with Crippen molar-refractivity contribution < 1.29 is 14.2 Å². The predicted octanol–water partition coefficient (Wildman–Crippen LogP) is 3.87. The molecular formula is C20H21FN2O2. The van der Waals surface area contributed by atoms with E-state index < -0.39 is 0 Å². The van der Waals surface area contributed by atoms with Gasteiger partial charge >= 0.3 is 0 Å². The third-order valence-electron chi connectivity index (χ3n) is 3.99. The summed E-state index contributed by atoms with van der Waals surface area (Å²) in [5.74, 6) is -0.00387. The van der Waals surface area contributed by atoms with E-state index in [0.29, 0.717) is 13.2 Å². The Balaban J connectivity index is 1.55. The van der Waals surface area contributed by atoms with Crippen molar-refractivity contribution in [1.29, 1.82) is 0 Å². The molecule has 1 atom stereocenters. The number of halogens is 1. The third-order valence-corrected chi connectivity index (χ3v) is 3.99. The van der Waals surface area contributed by atoms with E-state index in [9.17, 15) is 9.50 Å². The lowest BCUT2D eigenvalue weighted by Gasteiger charge is -2.19. The minimum Gasteiger partial charge on any atom is -0.508 e. The lowest BCUT2D eigenvalue weighted by atomic mass is 10.1. The summed E-state index contributed by atoms with van der Waals surface area (Å²) in [6.45, 7) is 1.07. The van der Waals surface area contributed by atoms with Gasteiger partial charge in [0.2, 0.25) is 0 Å². The lowest BCUT2D eigenvalue weighted by molar-refractivity contribution is 0.100. The maximum Gasteiger partial charge on any atom is 0.123 e. The summed E-state index contributed by atoms with van der Waals surface area (Å²) in [4.78, 5) is 4.44. The first-order valence-corrected chi connectivity index (χ1v) is 8.31. The monoisotopic (exact) mass is 340 g/mol. The smallest absolute Gasteiger partial charge is 0.123 e. The van der Waals surface area contributed by atoms with Crippen molar-refractivity contribution in [2.45, 2.75) is 25.5 Å². The fourth-order valence-corrected chi connectivity index (χ4v) is 2.58. The molecule has 0 spiro atoms. The van der Waals surface area contributed by atoms with Gasteiger partial charge in [-0.15, -0.1) is 0 Å². The highest BCUT2D eigenvalue weighted by atomic mass is 19.1. The molecule has 130 valence electrons. The van der Waals surface area contributed by atoms with Gasteiger partial charge in [-0.1, -0.05) is 12.1 Å². The Hall–Kier alpha value is -2.66. The Morgan fingerprint density at radius 1 is 1.12 bits per heavy atom. The van der Waals surface area contributed by atoms with Gasteiger partial charge in [0.15, 0.2) is 0 Å². The molecule has 1 aliphatic heterocycles. The zero-order valence-corrected chi connectivity index (χ0v) is 13.9. The quantitative estimate of drug-likeness (QED) is 0.869. The predicted molar refractivity (Wildman–Crippen MR) is 96.8 cm³/mol. The first-order valence-electron chi connectivity index (χ1n) is 8.31. The van der Waals surface area contributed by atoms with Crippen LogP contribution in [0.1, 0.15) is 24.0 Å². The van der Waals surface area contributed by atoms with Gasteiger partial charge in [0.1, 0.15) is 11.6 Å². The molecule has 1 aliphatic rings. The van der Waals surface area contributed by atoms with Crippen LogP contribution in [0, 0.1) is 5.82 Å². The second kappa shape index (κ2) is 8.44. The molecule has 0 bridgehead atoms. The SMILES string of the molecule is Oc1ccc(COC[C@@H]2CCC=N/C(c3ccc(F)cc3)=C\N2)cc1. The Bertz CT molecular complexity index is 739. The number of nitrogens with zero attached hydrogens (tertiary/aromatic N) is 1. The summed E-state index contributed by atoms with van der Waals surface area (Å²) in [5, 5.41) is 12.6. The van der Waals surface area contributed by atoms with E-state index in [1.165, 1.54) is 12.1 Å². The normalized spacial score (nSPS) is 19.4. The van der Waals surface area contributed by atoms with Crippen molar-refractivity contribution >= 4 is 11.9 Å². The number of aliphatic imine (C=N–C) groups is 1. The third kappa shape index (κ3) is 5.16. The standard InChI is InChI=1S/C20H21FN2O2/c21-17-7-5-16(6-8-17)20-12-23-18(2-1-11-22-20)14-25-13-15-3-9-19(24)10-4-15/h3-12,18,23-24H,1-2,13-14H2/b20-12-,22-11?/t18-/m0/s1. The van der Waals surface area contributed by atoms with Crippen LogP contribution >= 0.6 is 0 Å². The molecule has 0 saturated carbocycles. The number of phenols is 1. The summed E-state index contributed by atoms with van der Waals surface area (Å²) < 4.78 is 18.8. The lowest BCUT2D eigenvalue weighted by Crippen LogP contribution is -2.30. The molecule has 3 rings (SSSR count). The molecular weight excluding hydrogens is 319 g/mol. The summed E-state index contributed by atoms with van der Waals surface area (Å²) in [5.41, 5.74) is 2.67. The van der Waals surface area contributed by atoms with Crippen LogP contribution in [0.15, 0.2) is 59.7 Å². The summed E-state index contributed by atoms with van der Waals surface area (Å²) in [7, 11) is 0. The zero-order chi connectivity index (χ0) is 17.5. The average Bonchev–Trinajstić information content (AvgIpc) is 2.60. The van der Waals surface area contributed by atoms with Crippen LogP contribution in [0.2, 0.25) is 0 Å². The van der Waals surface area contributed by atoms with Gasteiger partial charge in [0, 0.05) is 24.0 Å². The molecule has 5 heteroatoms. The largest absolute Gasteiger partial charge is 0.508 e. The van der Waals surface area contributed by atoms with E-state index in [-0.39, 0.29) is 17.6 Å². The maximum atomic E-state index is 13.1. The van der Waals surface area contributed by atoms with Crippen LogP contribution < -0.4 is 5.32 Å². The van der Waals surface area contributed by atoms with Crippen LogP contribution in [0.3, 0.4) is 0 Å². The maximum absolute atomic E-state index is 13.1. The minimum absolute atomic E-state index is 0.180. The molecule has 0 unspecified atom stereocenters. The van der Waals surface area contributed by atoms with Gasteiger partial charge in [0.25, 0.3) is 0 Å². The van der Waals surface area contributed by atoms with Crippen molar-refractivity contribution in [3.05, 3.63) is 71.7 Å². The molecule has 0 amide bonds. The second-order valence-corrected chi connectivity index (χ2v) is 5.97. The Labute approximate surface area is 146 Å². The molecule has 0 aromatic heterocycles. The number of aromatic hydroxyl groups is 1. The Morgan fingerprint density at radius 2 is 1.88 bits per heavy atom.